The normalized spacial score (nSPS) is 25.2. The Morgan fingerprint density at radius 1 is 1.50 bits per heavy atom. The average molecular weight is 199 g/mol. The number of aliphatic hydroxyl groups excluding tert-OH is 1. The number of likely N-dealkylation sites (tertiary alicyclic amines) is 1. The van der Waals surface area contributed by atoms with Crippen molar-refractivity contribution in [3.63, 3.8) is 0 Å². The average Bonchev–Trinajstić information content (AvgIpc) is 2.47. The van der Waals surface area contributed by atoms with Crippen LogP contribution in [0.1, 0.15) is 34.1 Å². The molecule has 3 nitrogen and oxygen atoms in total. The van der Waals surface area contributed by atoms with Crippen molar-refractivity contribution >= 4 is 5.91 Å². The van der Waals surface area contributed by atoms with Gasteiger partial charge < -0.3 is 10.0 Å². The van der Waals surface area contributed by atoms with E-state index in [1.165, 1.54) is 0 Å². The molecule has 1 aliphatic heterocycles. The van der Waals surface area contributed by atoms with Crippen molar-refractivity contribution in [2.75, 3.05) is 13.1 Å². The molecule has 0 unspecified atom stereocenters. The van der Waals surface area contributed by atoms with Crippen LogP contribution in [0.5, 0.6) is 0 Å². The molecule has 0 aromatic rings. The van der Waals surface area contributed by atoms with Crippen LogP contribution in [0.25, 0.3) is 0 Å². The minimum atomic E-state index is -0.314. The molecule has 14 heavy (non-hydrogen) atoms. The third kappa shape index (κ3) is 2.47. The van der Waals surface area contributed by atoms with Crippen LogP contribution in [0.15, 0.2) is 0 Å². The van der Waals surface area contributed by atoms with Crippen LogP contribution < -0.4 is 0 Å². The van der Waals surface area contributed by atoms with E-state index in [0.29, 0.717) is 13.1 Å². The molecule has 1 N–H and O–H groups in total. The number of amides is 1. The molecule has 1 heterocycles. The Hall–Kier alpha value is -0.570. The van der Waals surface area contributed by atoms with Crippen LogP contribution in [0.3, 0.4) is 0 Å². The van der Waals surface area contributed by atoms with E-state index in [9.17, 15) is 9.90 Å². The van der Waals surface area contributed by atoms with Gasteiger partial charge in [0.25, 0.3) is 0 Å². The van der Waals surface area contributed by atoms with Crippen LogP contribution in [-0.4, -0.2) is 35.1 Å². The summed E-state index contributed by atoms with van der Waals surface area (Å²) in [6.45, 7) is 9.40. The summed E-state index contributed by atoms with van der Waals surface area (Å²) < 4.78 is 0. The quantitative estimate of drug-likeness (QED) is 0.690. The molecule has 0 aromatic carbocycles. The fraction of sp³-hybridized carbons (Fsp3) is 0.909. The summed E-state index contributed by atoms with van der Waals surface area (Å²) in [6.07, 6.45) is 0.411. The second-order valence-corrected chi connectivity index (χ2v) is 5.31. The Labute approximate surface area is 86.1 Å². The summed E-state index contributed by atoms with van der Waals surface area (Å²) in [5.41, 5.74) is 0.00459. The van der Waals surface area contributed by atoms with Crippen molar-refractivity contribution in [1.82, 2.24) is 4.90 Å². The lowest BCUT2D eigenvalue weighted by Crippen LogP contribution is -2.39. The molecule has 1 saturated heterocycles. The highest BCUT2D eigenvalue weighted by Crippen LogP contribution is 2.28. The second-order valence-electron chi connectivity index (χ2n) is 5.31. The number of nitrogens with zero attached hydrogens (tertiary/aromatic N) is 1. The molecule has 0 radical (unpaired) electrons. The van der Waals surface area contributed by atoms with E-state index in [0.717, 1.165) is 6.42 Å². The Bertz CT molecular complexity index is 220. The topological polar surface area (TPSA) is 40.5 Å². The van der Waals surface area contributed by atoms with Crippen LogP contribution in [0.2, 0.25) is 0 Å². The van der Waals surface area contributed by atoms with Gasteiger partial charge in [0.2, 0.25) is 5.91 Å². The molecular weight excluding hydrogens is 178 g/mol. The van der Waals surface area contributed by atoms with Gasteiger partial charge in [0.15, 0.2) is 0 Å². The predicted octanol–water partition coefficient (Wildman–Crippen LogP) is 1.26. The molecule has 82 valence electrons. The molecule has 2 atom stereocenters. The molecular formula is C11H21NO2. The highest BCUT2D eigenvalue weighted by atomic mass is 16.3. The maximum atomic E-state index is 12.0. The lowest BCUT2D eigenvalue weighted by Gasteiger charge is -2.30. The van der Waals surface area contributed by atoms with Gasteiger partial charge in [-0.15, -0.1) is 0 Å². The van der Waals surface area contributed by atoms with E-state index >= 15 is 0 Å². The first-order valence-electron chi connectivity index (χ1n) is 5.29. The summed E-state index contributed by atoms with van der Waals surface area (Å²) in [7, 11) is 0. The Kier molecular flexibility index (Phi) is 3.20. The summed E-state index contributed by atoms with van der Waals surface area (Å²) >= 11 is 0. The molecule has 0 aromatic heterocycles. The third-order valence-corrected chi connectivity index (χ3v) is 3.14. The highest BCUT2D eigenvalue weighted by Gasteiger charge is 2.33. The Balaban J connectivity index is 2.57. The van der Waals surface area contributed by atoms with Gasteiger partial charge >= 0.3 is 0 Å². The zero-order valence-electron chi connectivity index (χ0n) is 9.58. The van der Waals surface area contributed by atoms with E-state index in [1.807, 2.05) is 6.92 Å². The number of aliphatic hydroxyl groups is 1. The first kappa shape index (κ1) is 11.5. The minimum absolute atomic E-state index is 0.00459. The van der Waals surface area contributed by atoms with E-state index < -0.39 is 0 Å². The molecule has 1 amide bonds. The standard InChI is InChI=1S/C11H21NO2/c1-8(11(2,3)4)10(14)12-6-5-9(13)7-12/h8-9,13H,5-7H2,1-4H3/t8-,9-/m1/s1. The van der Waals surface area contributed by atoms with Crippen molar-refractivity contribution in [2.45, 2.75) is 40.2 Å². The minimum Gasteiger partial charge on any atom is -0.391 e. The smallest absolute Gasteiger partial charge is 0.226 e. The number of β-amino-alcohol motifs (C(OH)–C–C–N with tert-alkyl or cyclic N) is 1. The van der Waals surface area contributed by atoms with Gasteiger partial charge in [-0.05, 0) is 11.8 Å². The van der Waals surface area contributed by atoms with E-state index in [2.05, 4.69) is 20.8 Å². The number of carbonyl (C=O) groups is 1. The van der Waals surface area contributed by atoms with E-state index in [1.54, 1.807) is 4.90 Å². The van der Waals surface area contributed by atoms with Crippen LogP contribution in [-0.2, 0) is 4.79 Å². The first-order chi connectivity index (χ1) is 6.32. The largest absolute Gasteiger partial charge is 0.391 e. The van der Waals surface area contributed by atoms with Crippen molar-refractivity contribution < 1.29 is 9.90 Å². The van der Waals surface area contributed by atoms with Crippen LogP contribution in [0.4, 0.5) is 0 Å². The fourth-order valence-electron chi connectivity index (χ4n) is 1.59. The van der Waals surface area contributed by atoms with Gasteiger partial charge in [0, 0.05) is 19.0 Å². The van der Waals surface area contributed by atoms with Gasteiger partial charge in [0.05, 0.1) is 6.10 Å². The van der Waals surface area contributed by atoms with Crippen LogP contribution in [0, 0.1) is 11.3 Å². The van der Waals surface area contributed by atoms with Gasteiger partial charge in [-0.2, -0.15) is 0 Å². The van der Waals surface area contributed by atoms with Crippen molar-refractivity contribution in [3.8, 4) is 0 Å². The molecule has 1 aliphatic rings. The SMILES string of the molecule is C[C@H](C(=O)N1CC[C@@H](O)C1)C(C)(C)C. The molecule has 0 saturated carbocycles. The number of carbonyl (C=O) groups excluding carboxylic acids is 1. The Morgan fingerprint density at radius 3 is 2.43 bits per heavy atom. The zero-order chi connectivity index (χ0) is 10.9. The van der Waals surface area contributed by atoms with Gasteiger partial charge in [-0.1, -0.05) is 27.7 Å². The number of hydrogen-bond acceptors (Lipinski definition) is 2. The van der Waals surface area contributed by atoms with Crippen molar-refractivity contribution in [3.05, 3.63) is 0 Å². The molecule has 0 aliphatic carbocycles. The third-order valence-electron chi connectivity index (χ3n) is 3.14. The number of hydrogen-bond donors (Lipinski definition) is 1. The highest BCUT2D eigenvalue weighted by molar-refractivity contribution is 5.79. The summed E-state index contributed by atoms with van der Waals surface area (Å²) in [5, 5.41) is 9.34. The zero-order valence-corrected chi connectivity index (χ0v) is 9.58. The molecule has 0 bridgehead atoms. The first-order valence-corrected chi connectivity index (χ1v) is 5.29. The molecule has 0 spiro atoms. The maximum Gasteiger partial charge on any atom is 0.226 e. The maximum absolute atomic E-state index is 12.0. The summed E-state index contributed by atoms with van der Waals surface area (Å²) in [5.74, 6) is 0.196. The van der Waals surface area contributed by atoms with Crippen molar-refractivity contribution in [2.24, 2.45) is 11.3 Å². The van der Waals surface area contributed by atoms with Crippen LogP contribution >= 0.6 is 0 Å². The fourth-order valence-corrected chi connectivity index (χ4v) is 1.59. The van der Waals surface area contributed by atoms with E-state index in [4.69, 9.17) is 0 Å². The van der Waals surface area contributed by atoms with Gasteiger partial charge in [-0.3, -0.25) is 4.79 Å². The lowest BCUT2D eigenvalue weighted by atomic mass is 9.81. The summed E-state index contributed by atoms with van der Waals surface area (Å²) in [6, 6.07) is 0. The lowest BCUT2D eigenvalue weighted by molar-refractivity contribution is -0.137. The van der Waals surface area contributed by atoms with Gasteiger partial charge in [-0.25, -0.2) is 0 Å². The summed E-state index contributed by atoms with van der Waals surface area (Å²) in [4.78, 5) is 13.7. The second kappa shape index (κ2) is 3.89. The number of rotatable bonds is 1. The molecule has 1 fully saturated rings. The molecule has 1 rings (SSSR count). The molecule has 3 heteroatoms. The van der Waals surface area contributed by atoms with Crippen molar-refractivity contribution in [1.29, 1.82) is 0 Å². The monoisotopic (exact) mass is 199 g/mol. The predicted molar refractivity (Wildman–Crippen MR) is 55.8 cm³/mol. The Morgan fingerprint density at radius 2 is 2.07 bits per heavy atom. The van der Waals surface area contributed by atoms with E-state index in [-0.39, 0.29) is 23.3 Å². The van der Waals surface area contributed by atoms with Gasteiger partial charge in [0.1, 0.15) is 0 Å².